The standard InChI is InChI=1S/C16H21N3O3/c1-11-5-4-6-12(2)16(11)19-15(21)9-14(20)13(18-19)10-17-7-8-22-3/h4-6,9,17,20H,7-8,10H2,1-3H3. The summed E-state index contributed by atoms with van der Waals surface area (Å²) in [5, 5.41) is 17.3. The molecule has 0 aliphatic heterocycles. The van der Waals surface area contributed by atoms with E-state index in [1.54, 1.807) is 7.11 Å². The van der Waals surface area contributed by atoms with E-state index in [-0.39, 0.29) is 11.3 Å². The molecule has 0 unspecified atom stereocenters. The Morgan fingerprint density at radius 2 is 2.00 bits per heavy atom. The van der Waals surface area contributed by atoms with Crippen LogP contribution in [0.1, 0.15) is 16.8 Å². The molecule has 0 radical (unpaired) electrons. The third kappa shape index (κ3) is 3.52. The van der Waals surface area contributed by atoms with Gasteiger partial charge in [0.2, 0.25) is 0 Å². The summed E-state index contributed by atoms with van der Waals surface area (Å²) in [6.07, 6.45) is 0. The number of nitrogens with zero attached hydrogens (tertiary/aromatic N) is 2. The second-order valence-corrected chi connectivity index (χ2v) is 5.14. The zero-order valence-electron chi connectivity index (χ0n) is 13.1. The Bertz CT molecular complexity index is 690. The van der Waals surface area contributed by atoms with Crippen molar-refractivity contribution in [2.45, 2.75) is 20.4 Å². The lowest BCUT2D eigenvalue weighted by Gasteiger charge is -2.13. The average molecular weight is 303 g/mol. The summed E-state index contributed by atoms with van der Waals surface area (Å²) in [4.78, 5) is 12.2. The molecule has 0 saturated heterocycles. The zero-order valence-corrected chi connectivity index (χ0v) is 13.1. The van der Waals surface area contributed by atoms with Crippen LogP contribution in [0, 0.1) is 13.8 Å². The first-order valence-electron chi connectivity index (χ1n) is 7.13. The lowest BCUT2D eigenvalue weighted by Crippen LogP contribution is -2.26. The monoisotopic (exact) mass is 303 g/mol. The number of hydrogen-bond acceptors (Lipinski definition) is 5. The fraction of sp³-hybridized carbons (Fsp3) is 0.375. The molecule has 1 aromatic heterocycles. The van der Waals surface area contributed by atoms with Gasteiger partial charge in [-0.1, -0.05) is 18.2 Å². The number of ether oxygens (including phenoxy) is 1. The highest BCUT2D eigenvalue weighted by atomic mass is 16.5. The summed E-state index contributed by atoms with van der Waals surface area (Å²) in [6.45, 7) is 5.43. The molecule has 1 aromatic carbocycles. The Balaban J connectivity index is 2.38. The SMILES string of the molecule is COCCNCc1nn(-c2c(C)cccc2C)c(=O)cc1O. The van der Waals surface area contributed by atoms with Crippen LogP contribution >= 0.6 is 0 Å². The van der Waals surface area contributed by atoms with Crippen molar-refractivity contribution in [3.8, 4) is 11.4 Å². The van der Waals surface area contributed by atoms with Crippen LogP contribution in [0.3, 0.4) is 0 Å². The quantitative estimate of drug-likeness (QED) is 0.787. The molecule has 0 atom stereocenters. The predicted molar refractivity (Wildman–Crippen MR) is 84.6 cm³/mol. The van der Waals surface area contributed by atoms with Crippen LogP contribution < -0.4 is 10.9 Å². The van der Waals surface area contributed by atoms with Crippen molar-refractivity contribution in [2.75, 3.05) is 20.3 Å². The van der Waals surface area contributed by atoms with Gasteiger partial charge in [-0.15, -0.1) is 0 Å². The highest BCUT2D eigenvalue weighted by Gasteiger charge is 2.12. The maximum absolute atomic E-state index is 12.2. The number of methoxy groups -OCH3 is 1. The van der Waals surface area contributed by atoms with Gasteiger partial charge in [0.05, 0.1) is 12.3 Å². The number of benzene rings is 1. The molecular formula is C16H21N3O3. The number of nitrogens with one attached hydrogen (secondary N) is 1. The van der Waals surface area contributed by atoms with Crippen LogP contribution in [0.4, 0.5) is 0 Å². The minimum atomic E-state index is -0.351. The fourth-order valence-electron chi connectivity index (χ4n) is 2.29. The molecular weight excluding hydrogens is 282 g/mol. The Morgan fingerprint density at radius 1 is 1.32 bits per heavy atom. The van der Waals surface area contributed by atoms with E-state index in [2.05, 4.69) is 10.4 Å². The second kappa shape index (κ2) is 7.20. The van der Waals surface area contributed by atoms with Crippen molar-refractivity contribution < 1.29 is 9.84 Å². The van der Waals surface area contributed by atoms with E-state index in [4.69, 9.17) is 4.74 Å². The Morgan fingerprint density at radius 3 is 2.64 bits per heavy atom. The number of aromatic hydroxyl groups is 1. The number of aryl methyl sites for hydroxylation is 2. The van der Waals surface area contributed by atoms with Crippen molar-refractivity contribution in [1.82, 2.24) is 15.1 Å². The fourth-order valence-corrected chi connectivity index (χ4v) is 2.29. The topological polar surface area (TPSA) is 76.4 Å². The summed E-state index contributed by atoms with van der Waals surface area (Å²) in [5.41, 5.74) is 2.75. The molecule has 0 saturated carbocycles. The first-order chi connectivity index (χ1) is 10.5. The third-order valence-corrected chi connectivity index (χ3v) is 3.41. The largest absolute Gasteiger partial charge is 0.506 e. The minimum absolute atomic E-state index is 0.0996. The second-order valence-electron chi connectivity index (χ2n) is 5.14. The summed E-state index contributed by atoms with van der Waals surface area (Å²) in [7, 11) is 1.62. The molecule has 2 N–H and O–H groups in total. The van der Waals surface area contributed by atoms with Crippen molar-refractivity contribution in [3.05, 3.63) is 51.4 Å². The molecule has 0 spiro atoms. The molecule has 6 nitrogen and oxygen atoms in total. The summed E-state index contributed by atoms with van der Waals surface area (Å²) < 4.78 is 6.30. The first-order valence-corrected chi connectivity index (χ1v) is 7.13. The van der Waals surface area contributed by atoms with Crippen molar-refractivity contribution in [3.63, 3.8) is 0 Å². The maximum atomic E-state index is 12.2. The van der Waals surface area contributed by atoms with Gasteiger partial charge >= 0.3 is 0 Å². The molecule has 0 fully saturated rings. The smallest absolute Gasteiger partial charge is 0.275 e. The van der Waals surface area contributed by atoms with Gasteiger partial charge in [0.1, 0.15) is 11.4 Å². The molecule has 6 heteroatoms. The van der Waals surface area contributed by atoms with E-state index in [0.29, 0.717) is 25.4 Å². The summed E-state index contributed by atoms with van der Waals surface area (Å²) in [5.74, 6) is -0.0996. The van der Waals surface area contributed by atoms with E-state index >= 15 is 0 Å². The van der Waals surface area contributed by atoms with E-state index in [1.807, 2.05) is 32.0 Å². The van der Waals surface area contributed by atoms with Crippen LogP contribution in [0.5, 0.6) is 5.75 Å². The van der Waals surface area contributed by atoms with Crippen molar-refractivity contribution >= 4 is 0 Å². The Kier molecular flexibility index (Phi) is 5.30. The molecule has 0 bridgehead atoms. The van der Waals surface area contributed by atoms with Gasteiger partial charge in [-0.3, -0.25) is 4.79 Å². The van der Waals surface area contributed by atoms with Crippen LogP contribution in [0.15, 0.2) is 29.1 Å². The van der Waals surface area contributed by atoms with Gasteiger partial charge in [0.25, 0.3) is 5.56 Å². The van der Waals surface area contributed by atoms with E-state index < -0.39 is 0 Å². The van der Waals surface area contributed by atoms with Gasteiger partial charge in [0.15, 0.2) is 0 Å². The van der Waals surface area contributed by atoms with Crippen LogP contribution in [-0.2, 0) is 11.3 Å². The number of aromatic nitrogens is 2. The zero-order chi connectivity index (χ0) is 16.1. The van der Waals surface area contributed by atoms with Crippen LogP contribution in [-0.4, -0.2) is 35.1 Å². The normalized spacial score (nSPS) is 10.9. The minimum Gasteiger partial charge on any atom is -0.506 e. The van der Waals surface area contributed by atoms with Gasteiger partial charge in [-0.05, 0) is 25.0 Å². The number of rotatable bonds is 6. The molecule has 2 rings (SSSR count). The van der Waals surface area contributed by atoms with Gasteiger partial charge in [-0.25, -0.2) is 0 Å². The van der Waals surface area contributed by atoms with E-state index in [9.17, 15) is 9.90 Å². The third-order valence-electron chi connectivity index (χ3n) is 3.41. The summed E-state index contributed by atoms with van der Waals surface area (Å²) >= 11 is 0. The highest BCUT2D eigenvalue weighted by Crippen LogP contribution is 2.18. The van der Waals surface area contributed by atoms with E-state index in [0.717, 1.165) is 16.8 Å². The van der Waals surface area contributed by atoms with Crippen molar-refractivity contribution in [1.29, 1.82) is 0 Å². The first kappa shape index (κ1) is 16.2. The molecule has 118 valence electrons. The lowest BCUT2D eigenvalue weighted by atomic mass is 10.1. The number of hydrogen-bond donors (Lipinski definition) is 2. The van der Waals surface area contributed by atoms with Gasteiger partial charge in [0, 0.05) is 26.3 Å². The maximum Gasteiger partial charge on any atom is 0.275 e. The molecule has 2 aromatic rings. The Hall–Kier alpha value is -2.18. The Labute approximate surface area is 129 Å². The number of para-hydroxylation sites is 1. The van der Waals surface area contributed by atoms with Gasteiger partial charge < -0.3 is 15.2 Å². The molecule has 0 aliphatic carbocycles. The summed E-state index contributed by atoms with van der Waals surface area (Å²) in [6, 6.07) is 7.00. The highest BCUT2D eigenvalue weighted by molar-refractivity contribution is 5.46. The average Bonchev–Trinajstić information content (AvgIpc) is 2.47. The van der Waals surface area contributed by atoms with Crippen molar-refractivity contribution in [2.24, 2.45) is 0 Å². The van der Waals surface area contributed by atoms with E-state index in [1.165, 1.54) is 10.7 Å². The molecule has 1 heterocycles. The molecule has 0 amide bonds. The molecule has 22 heavy (non-hydrogen) atoms. The molecule has 0 aliphatic rings. The predicted octanol–water partition coefficient (Wildman–Crippen LogP) is 1.29. The lowest BCUT2D eigenvalue weighted by molar-refractivity contribution is 0.199. The van der Waals surface area contributed by atoms with Crippen LogP contribution in [0.25, 0.3) is 5.69 Å². The van der Waals surface area contributed by atoms with Gasteiger partial charge in [-0.2, -0.15) is 9.78 Å². The van der Waals surface area contributed by atoms with Crippen LogP contribution in [0.2, 0.25) is 0 Å².